The first-order valence-electron chi connectivity index (χ1n) is 10.4. The third kappa shape index (κ3) is 3.65. The van der Waals surface area contributed by atoms with Crippen LogP contribution < -0.4 is 9.64 Å². The number of halogens is 1. The Balaban J connectivity index is 1.93. The number of ether oxygens (including phenoxy) is 1. The van der Waals surface area contributed by atoms with Gasteiger partial charge in [0.05, 0.1) is 12.3 Å². The average molecular weight is 424 g/mol. The summed E-state index contributed by atoms with van der Waals surface area (Å²) in [6.07, 6.45) is 1.30. The van der Waals surface area contributed by atoms with E-state index < -0.39 is 0 Å². The number of hydrogen-bond donors (Lipinski definition) is 0. The molecule has 4 rings (SSSR count). The van der Waals surface area contributed by atoms with Gasteiger partial charge in [-0.25, -0.2) is 0 Å². The summed E-state index contributed by atoms with van der Waals surface area (Å²) in [5.74, 6) is 0.376. The second-order valence-electron chi connectivity index (χ2n) is 8.71. The molecule has 30 heavy (non-hydrogen) atoms. The summed E-state index contributed by atoms with van der Waals surface area (Å²) in [7, 11) is 0. The predicted octanol–water partition coefficient (Wildman–Crippen LogP) is 5.90. The second-order valence-corrected chi connectivity index (χ2v) is 9.12. The first-order valence-corrected chi connectivity index (χ1v) is 10.8. The minimum atomic E-state index is -0.319. The Kier molecular flexibility index (Phi) is 5.46. The predicted molar refractivity (Wildman–Crippen MR) is 119 cm³/mol. The van der Waals surface area contributed by atoms with Gasteiger partial charge in [0.2, 0.25) is 5.91 Å². The fraction of sp³-hybridized carbons (Fsp3) is 0.360. The maximum atomic E-state index is 13.5. The summed E-state index contributed by atoms with van der Waals surface area (Å²) in [5, 5.41) is 0.586. The van der Waals surface area contributed by atoms with Gasteiger partial charge in [0.25, 0.3) is 0 Å². The van der Waals surface area contributed by atoms with Gasteiger partial charge in [-0.15, -0.1) is 0 Å². The molecule has 1 unspecified atom stereocenters. The van der Waals surface area contributed by atoms with Crippen LogP contribution in [0.2, 0.25) is 5.02 Å². The number of amides is 1. The van der Waals surface area contributed by atoms with Crippen molar-refractivity contribution in [2.24, 2.45) is 5.41 Å². The Bertz CT molecular complexity index is 1040. The SMILES string of the molecule is CCOc1ccccc1N1C(=O)CC(c2ccccc2Cl)C2=C1CC(C)(C)CC2=O. The molecule has 0 N–H and O–H groups in total. The number of allylic oxidation sites excluding steroid dienone is 2. The maximum absolute atomic E-state index is 13.5. The fourth-order valence-corrected chi connectivity index (χ4v) is 4.91. The summed E-state index contributed by atoms with van der Waals surface area (Å²) in [4.78, 5) is 28.6. The van der Waals surface area contributed by atoms with E-state index in [1.807, 2.05) is 55.5 Å². The molecule has 0 saturated heterocycles. The number of carbonyl (C=O) groups is 2. The highest BCUT2D eigenvalue weighted by Gasteiger charge is 2.45. The minimum absolute atomic E-state index is 0.0451. The Morgan fingerprint density at radius 1 is 1.07 bits per heavy atom. The summed E-state index contributed by atoms with van der Waals surface area (Å²) in [6, 6.07) is 15.0. The third-order valence-corrected chi connectivity index (χ3v) is 6.17. The maximum Gasteiger partial charge on any atom is 0.232 e. The molecule has 1 aliphatic carbocycles. The van der Waals surface area contributed by atoms with Crippen LogP contribution in [0.5, 0.6) is 5.75 Å². The van der Waals surface area contributed by atoms with Gasteiger partial charge in [0, 0.05) is 35.1 Å². The molecule has 1 atom stereocenters. The summed E-state index contributed by atoms with van der Waals surface area (Å²) in [5.41, 5.74) is 2.81. The van der Waals surface area contributed by atoms with Crippen LogP contribution in [0.3, 0.4) is 0 Å². The summed E-state index contributed by atoms with van der Waals surface area (Å²) < 4.78 is 5.81. The smallest absolute Gasteiger partial charge is 0.232 e. The molecule has 0 spiro atoms. The Morgan fingerprint density at radius 3 is 2.50 bits per heavy atom. The van der Waals surface area contributed by atoms with Gasteiger partial charge in [0.1, 0.15) is 5.75 Å². The number of anilines is 1. The first kappa shape index (κ1) is 20.7. The summed E-state index contributed by atoms with van der Waals surface area (Å²) in [6.45, 7) is 6.56. The molecule has 2 aliphatic rings. The van der Waals surface area contributed by atoms with E-state index in [1.54, 1.807) is 4.90 Å². The molecule has 1 amide bonds. The van der Waals surface area contributed by atoms with Crippen LogP contribution in [-0.2, 0) is 9.59 Å². The zero-order valence-corrected chi connectivity index (χ0v) is 18.3. The number of nitrogens with zero attached hydrogens (tertiary/aromatic N) is 1. The molecule has 1 heterocycles. The van der Waals surface area contributed by atoms with E-state index in [4.69, 9.17) is 16.3 Å². The zero-order chi connectivity index (χ0) is 21.5. The molecule has 156 valence electrons. The van der Waals surface area contributed by atoms with Crippen molar-refractivity contribution in [3.8, 4) is 5.75 Å². The number of hydrogen-bond acceptors (Lipinski definition) is 3. The van der Waals surface area contributed by atoms with E-state index in [2.05, 4.69) is 13.8 Å². The number of Topliss-reactive ketones (excluding diaryl/α,β-unsaturated/α-hetero) is 1. The van der Waals surface area contributed by atoms with Crippen LogP contribution >= 0.6 is 11.6 Å². The van der Waals surface area contributed by atoms with E-state index in [0.717, 1.165) is 11.3 Å². The Hall–Kier alpha value is -2.59. The Morgan fingerprint density at radius 2 is 1.77 bits per heavy atom. The normalized spacial score (nSPS) is 20.9. The number of para-hydroxylation sites is 2. The highest BCUT2D eigenvalue weighted by Crippen LogP contribution is 2.50. The quantitative estimate of drug-likeness (QED) is 0.614. The van der Waals surface area contributed by atoms with Gasteiger partial charge < -0.3 is 4.74 Å². The lowest BCUT2D eigenvalue weighted by Crippen LogP contribution is -2.44. The van der Waals surface area contributed by atoms with Crippen LogP contribution in [0.1, 0.15) is 51.5 Å². The highest BCUT2D eigenvalue weighted by atomic mass is 35.5. The van der Waals surface area contributed by atoms with E-state index in [0.29, 0.717) is 41.5 Å². The molecule has 0 bridgehead atoms. The average Bonchev–Trinajstić information content (AvgIpc) is 2.68. The number of rotatable bonds is 4. The molecule has 1 aliphatic heterocycles. The highest BCUT2D eigenvalue weighted by molar-refractivity contribution is 6.31. The molecule has 4 nitrogen and oxygen atoms in total. The first-order chi connectivity index (χ1) is 14.3. The van der Waals surface area contributed by atoms with Crippen molar-refractivity contribution >= 4 is 29.0 Å². The lowest BCUT2D eigenvalue weighted by atomic mass is 9.69. The van der Waals surface area contributed by atoms with E-state index >= 15 is 0 Å². The van der Waals surface area contributed by atoms with Crippen LogP contribution in [0.4, 0.5) is 5.69 Å². The molecular weight excluding hydrogens is 398 g/mol. The van der Waals surface area contributed by atoms with E-state index in [1.165, 1.54) is 0 Å². The zero-order valence-electron chi connectivity index (χ0n) is 17.6. The van der Waals surface area contributed by atoms with Gasteiger partial charge >= 0.3 is 0 Å². The second kappa shape index (κ2) is 7.92. The van der Waals surface area contributed by atoms with Crippen molar-refractivity contribution in [1.29, 1.82) is 0 Å². The molecule has 0 fully saturated rings. The lowest BCUT2D eigenvalue weighted by Gasteiger charge is -2.43. The van der Waals surface area contributed by atoms with E-state index in [9.17, 15) is 9.59 Å². The monoisotopic (exact) mass is 423 g/mol. The van der Waals surface area contributed by atoms with Crippen LogP contribution in [0.25, 0.3) is 0 Å². The van der Waals surface area contributed by atoms with Crippen molar-refractivity contribution in [3.63, 3.8) is 0 Å². The van der Waals surface area contributed by atoms with Gasteiger partial charge in [-0.05, 0) is 42.5 Å². The van der Waals surface area contributed by atoms with Gasteiger partial charge in [-0.1, -0.05) is 55.8 Å². The molecule has 2 aromatic rings. The van der Waals surface area contributed by atoms with Gasteiger partial charge in [-0.3, -0.25) is 14.5 Å². The molecule has 2 aromatic carbocycles. The minimum Gasteiger partial charge on any atom is -0.492 e. The number of benzene rings is 2. The van der Waals surface area contributed by atoms with Crippen LogP contribution in [-0.4, -0.2) is 18.3 Å². The topological polar surface area (TPSA) is 46.6 Å². The summed E-state index contributed by atoms with van der Waals surface area (Å²) >= 11 is 6.48. The number of carbonyl (C=O) groups excluding carboxylic acids is 2. The van der Waals surface area contributed by atoms with Crippen molar-refractivity contribution in [2.75, 3.05) is 11.5 Å². The van der Waals surface area contributed by atoms with Crippen molar-refractivity contribution in [1.82, 2.24) is 0 Å². The Labute approximate surface area is 182 Å². The van der Waals surface area contributed by atoms with Crippen LogP contribution in [0.15, 0.2) is 59.8 Å². The molecule has 0 aromatic heterocycles. The molecule has 0 saturated carbocycles. The number of ketones is 1. The fourth-order valence-electron chi connectivity index (χ4n) is 4.64. The molecular formula is C25H26ClNO3. The van der Waals surface area contributed by atoms with Gasteiger partial charge in [-0.2, -0.15) is 0 Å². The van der Waals surface area contributed by atoms with Crippen molar-refractivity contribution < 1.29 is 14.3 Å². The van der Waals surface area contributed by atoms with Crippen LogP contribution in [0, 0.1) is 5.41 Å². The van der Waals surface area contributed by atoms with Crippen molar-refractivity contribution in [2.45, 2.75) is 46.0 Å². The lowest BCUT2D eigenvalue weighted by molar-refractivity contribution is -0.121. The van der Waals surface area contributed by atoms with Crippen molar-refractivity contribution in [3.05, 3.63) is 70.4 Å². The largest absolute Gasteiger partial charge is 0.492 e. The third-order valence-electron chi connectivity index (χ3n) is 5.83. The standard InChI is InChI=1S/C25H26ClNO3/c1-4-30-22-12-8-7-11-19(22)27-20-14-25(2,3)15-21(28)24(20)17(13-23(27)29)16-9-5-6-10-18(16)26/h5-12,17H,4,13-15H2,1-3H3. The molecule has 0 radical (unpaired) electrons. The van der Waals surface area contributed by atoms with Gasteiger partial charge in [0.15, 0.2) is 5.78 Å². The van der Waals surface area contributed by atoms with E-state index in [-0.39, 0.29) is 29.4 Å². The molecule has 5 heteroatoms.